The molecule has 3 aromatic carbocycles. The quantitative estimate of drug-likeness (QED) is 0.539. The van der Waals surface area contributed by atoms with Gasteiger partial charge in [-0.3, -0.25) is 9.59 Å². The monoisotopic (exact) mass is 491 g/mol. The van der Waals surface area contributed by atoms with Gasteiger partial charge in [-0.2, -0.15) is 4.31 Å². The molecule has 35 heavy (non-hydrogen) atoms. The highest BCUT2D eigenvalue weighted by Gasteiger charge is 2.35. The molecule has 1 atom stereocenters. The molecule has 2 amide bonds. The largest absolute Gasteiger partial charge is 0.326 e. The summed E-state index contributed by atoms with van der Waals surface area (Å²) < 4.78 is 27.2. The lowest BCUT2D eigenvalue weighted by Gasteiger charge is -2.20. The predicted molar refractivity (Wildman–Crippen MR) is 137 cm³/mol. The molecule has 0 spiro atoms. The zero-order valence-electron chi connectivity index (χ0n) is 20.1. The standard InChI is InChI=1S/C27H29N3O4S/c1-19-9-10-20(2)25(15-19)30-18-22(16-26(30)31)27(32)28-23-11-13-24(14-12-23)35(33,34)29(3)17-21-7-5-4-6-8-21/h4-15,22H,16-18H2,1-3H3,(H,28,32). The highest BCUT2D eigenvalue weighted by molar-refractivity contribution is 7.89. The van der Waals surface area contributed by atoms with Crippen LogP contribution in [0.15, 0.2) is 77.7 Å². The topological polar surface area (TPSA) is 86.8 Å². The van der Waals surface area contributed by atoms with Gasteiger partial charge >= 0.3 is 0 Å². The Hall–Kier alpha value is -3.49. The molecule has 1 saturated heterocycles. The normalized spacial score (nSPS) is 16.1. The van der Waals surface area contributed by atoms with Crippen LogP contribution in [0.5, 0.6) is 0 Å². The molecule has 3 aromatic rings. The minimum Gasteiger partial charge on any atom is -0.326 e. The van der Waals surface area contributed by atoms with Gasteiger partial charge in [-0.05, 0) is 60.9 Å². The summed E-state index contributed by atoms with van der Waals surface area (Å²) in [5, 5.41) is 2.82. The molecule has 4 rings (SSSR count). The van der Waals surface area contributed by atoms with Crippen LogP contribution in [-0.2, 0) is 26.2 Å². The number of amides is 2. The van der Waals surface area contributed by atoms with Crippen molar-refractivity contribution in [3.05, 3.63) is 89.5 Å². The van der Waals surface area contributed by atoms with Crippen molar-refractivity contribution in [1.82, 2.24) is 4.31 Å². The third-order valence-corrected chi connectivity index (χ3v) is 8.05. The number of nitrogens with one attached hydrogen (secondary N) is 1. The highest BCUT2D eigenvalue weighted by Crippen LogP contribution is 2.29. The summed E-state index contributed by atoms with van der Waals surface area (Å²) in [4.78, 5) is 27.3. The average Bonchev–Trinajstić information content (AvgIpc) is 3.23. The van der Waals surface area contributed by atoms with E-state index < -0.39 is 15.9 Å². The van der Waals surface area contributed by atoms with E-state index in [-0.39, 0.29) is 29.7 Å². The van der Waals surface area contributed by atoms with E-state index in [1.807, 2.05) is 62.4 Å². The van der Waals surface area contributed by atoms with Gasteiger partial charge in [-0.1, -0.05) is 42.5 Å². The maximum absolute atomic E-state index is 12.9. The fraction of sp³-hybridized carbons (Fsp3) is 0.259. The average molecular weight is 492 g/mol. The van der Waals surface area contributed by atoms with E-state index >= 15 is 0 Å². The van der Waals surface area contributed by atoms with Crippen molar-refractivity contribution in [3.8, 4) is 0 Å². The second-order valence-corrected chi connectivity index (χ2v) is 11.0. The van der Waals surface area contributed by atoms with Gasteiger partial charge in [0.15, 0.2) is 0 Å². The third kappa shape index (κ3) is 5.44. The van der Waals surface area contributed by atoms with Crippen molar-refractivity contribution in [2.24, 2.45) is 5.92 Å². The van der Waals surface area contributed by atoms with Crippen LogP contribution >= 0.6 is 0 Å². The first-order chi connectivity index (χ1) is 16.6. The molecular weight excluding hydrogens is 462 g/mol. The van der Waals surface area contributed by atoms with Crippen molar-refractivity contribution in [3.63, 3.8) is 0 Å². The lowest BCUT2D eigenvalue weighted by Crippen LogP contribution is -2.28. The van der Waals surface area contributed by atoms with Crippen LogP contribution < -0.4 is 10.2 Å². The van der Waals surface area contributed by atoms with E-state index in [1.54, 1.807) is 17.0 Å². The van der Waals surface area contributed by atoms with Crippen LogP contribution in [0.2, 0.25) is 0 Å². The van der Waals surface area contributed by atoms with Crippen molar-refractivity contribution in [2.45, 2.75) is 31.7 Å². The Kier molecular flexibility index (Phi) is 7.05. The van der Waals surface area contributed by atoms with Gasteiger partial charge in [0.2, 0.25) is 21.8 Å². The van der Waals surface area contributed by atoms with Gasteiger partial charge < -0.3 is 10.2 Å². The Labute approximate surface area is 206 Å². The summed E-state index contributed by atoms with van der Waals surface area (Å²) in [6, 6.07) is 21.4. The number of hydrogen-bond donors (Lipinski definition) is 1. The SMILES string of the molecule is Cc1ccc(C)c(N2CC(C(=O)Nc3ccc(S(=O)(=O)N(C)Cc4ccccc4)cc3)CC2=O)c1. The summed E-state index contributed by atoms with van der Waals surface area (Å²) in [5.74, 6) is -0.826. The van der Waals surface area contributed by atoms with Crippen LogP contribution in [0.1, 0.15) is 23.1 Å². The summed E-state index contributed by atoms with van der Waals surface area (Å²) in [5.41, 5.74) is 4.25. The fourth-order valence-corrected chi connectivity index (χ4v) is 5.35. The molecular formula is C27H29N3O4S. The zero-order chi connectivity index (χ0) is 25.2. The minimum absolute atomic E-state index is 0.0817. The van der Waals surface area contributed by atoms with Gasteiger partial charge in [0.25, 0.3) is 0 Å². The smallest absolute Gasteiger partial charge is 0.243 e. The molecule has 1 heterocycles. The van der Waals surface area contributed by atoms with E-state index in [2.05, 4.69) is 5.32 Å². The molecule has 0 saturated carbocycles. The number of carbonyl (C=O) groups is 2. The van der Waals surface area contributed by atoms with Gasteiger partial charge in [0, 0.05) is 37.9 Å². The minimum atomic E-state index is -3.68. The molecule has 0 aromatic heterocycles. The molecule has 182 valence electrons. The number of aryl methyl sites for hydroxylation is 2. The maximum Gasteiger partial charge on any atom is 0.243 e. The van der Waals surface area contributed by atoms with Gasteiger partial charge in [0.1, 0.15) is 0 Å². The third-order valence-electron chi connectivity index (χ3n) is 6.23. The van der Waals surface area contributed by atoms with Gasteiger partial charge in [-0.25, -0.2) is 8.42 Å². The fourth-order valence-electron chi connectivity index (χ4n) is 4.19. The number of benzene rings is 3. The van der Waals surface area contributed by atoms with E-state index in [9.17, 15) is 18.0 Å². The first-order valence-electron chi connectivity index (χ1n) is 11.4. The van der Waals surface area contributed by atoms with E-state index in [0.29, 0.717) is 12.2 Å². The van der Waals surface area contributed by atoms with Crippen molar-refractivity contribution < 1.29 is 18.0 Å². The maximum atomic E-state index is 12.9. The zero-order valence-corrected chi connectivity index (χ0v) is 20.9. The first kappa shape index (κ1) is 24.6. The Morgan fingerprint density at radius 2 is 1.71 bits per heavy atom. The predicted octanol–water partition coefficient (Wildman–Crippen LogP) is 4.12. The van der Waals surface area contributed by atoms with Crippen LogP contribution in [-0.4, -0.2) is 38.1 Å². The molecule has 1 fully saturated rings. The summed E-state index contributed by atoms with van der Waals surface area (Å²) in [7, 11) is -2.14. The van der Waals surface area contributed by atoms with E-state index in [1.165, 1.54) is 23.5 Å². The second kappa shape index (κ2) is 10.0. The highest BCUT2D eigenvalue weighted by atomic mass is 32.2. The van der Waals surface area contributed by atoms with Gasteiger partial charge in [0.05, 0.1) is 10.8 Å². The van der Waals surface area contributed by atoms with Crippen LogP contribution in [0, 0.1) is 19.8 Å². The van der Waals surface area contributed by atoms with E-state index in [4.69, 9.17) is 0 Å². The molecule has 1 N–H and O–H groups in total. The van der Waals surface area contributed by atoms with Crippen LogP contribution in [0.4, 0.5) is 11.4 Å². The molecule has 0 bridgehead atoms. The summed E-state index contributed by atoms with van der Waals surface area (Å²) in [6.07, 6.45) is 0.135. The van der Waals surface area contributed by atoms with Crippen LogP contribution in [0.25, 0.3) is 0 Å². The Morgan fingerprint density at radius 3 is 2.40 bits per heavy atom. The second-order valence-electron chi connectivity index (χ2n) is 8.96. The molecule has 0 aliphatic carbocycles. The first-order valence-corrected chi connectivity index (χ1v) is 12.9. The number of hydrogen-bond acceptors (Lipinski definition) is 4. The van der Waals surface area contributed by atoms with Crippen LogP contribution in [0.3, 0.4) is 0 Å². The molecule has 1 unspecified atom stereocenters. The number of nitrogens with zero attached hydrogens (tertiary/aromatic N) is 2. The van der Waals surface area contributed by atoms with E-state index in [0.717, 1.165) is 22.4 Å². The molecule has 1 aliphatic heterocycles. The molecule has 8 heteroatoms. The number of anilines is 2. The Balaban J connectivity index is 1.41. The Morgan fingerprint density at radius 1 is 1.03 bits per heavy atom. The van der Waals surface area contributed by atoms with Crippen molar-refractivity contribution >= 4 is 33.2 Å². The molecule has 7 nitrogen and oxygen atoms in total. The lowest BCUT2D eigenvalue weighted by atomic mass is 10.1. The van der Waals surface area contributed by atoms with Gasteiger partial charge in [-0.15, -0.1) is 0 Å². The summed E-state index contributed by atoms with van der Waals surface area (Å²) in [6.45, 7) is 4.49. The molecule has 1 aliphatic rings. The lowest BCUT2D eigenvalue weighted by molar-refractivity contribution is -0.122. The van der Waals surface area contributed by atoms with Crippen molar-refractivity contribution in [2.75, 3.05) is 23.8 Å². The summed E-state index contributed by atoms with van der Waals surface area (Å²) >= 11 is 0. The Bertz CT molecular complexity index is 1340. The number of carbonyl (C=O) groups excluding carboxylic acids is 2. The number of sulfonamides is 1. The van der Waals surface area contributed by atoms with Crippen molar-refractivity contribution in [1.29, 1.82) is 0 Å². The molecule has 0 radical (unpaired) electrons. The number of rotatable bonds is 7.